The Morgan fingerprint density at radius 1 is 0.267 bits per heavy atom. The number of carbonyl (C=O) groups excluding carboxylic acids is 4. The summed E-state index contributed by atoms with van der Waals surface area (Å²) in [5, 5.41) is 10.7. The van der Waals surface area contributed by atoms with Gasteiger partial charge in [-0.15, -0.1) is 0 Å². The van der Waals surface area contributed by atoms with E-state index in [1.165, 1.54) is 244 Å². The van der Waals surface area contributed by atoms with Crippen LogP contribution in [0.15, 0.2) is 0 Å². The van der Waals surface area contributed by atoms with Crippen molar-refractivity contribution in [3.63, 3.8) is 0 Å². The maximum atomic E-state index is 13.1. The molecule has 19 heteroatoms. The van der Waals surface area contributed by atoms with Crippen molar-refractivity contribution in [2.45, 2.75) is 465 Å². The fraction of sp³-hybridized carbons (Fsp3) is 0.953. The van der Waals surface area contributed by atoms with E-state index in [0.717, 1.165) is 114 Å². The van der Waals surface area contributed by atoms with Gasteiger partial charge in [-0.3, -0.25) is 37.3 Å². The molecule has 0 bridgehead atoms. The number of phosphoric ester groups is 2. The normalized spacial score (nSPS) is 14.2. The van der Waals surface area contributed by atoms with E-state index in [2.05, 4.69) is 55.4 Å². The first-order valence-corrected chi connectivity index (χ1v) is 47.2. The van der Waals surface area contributed by atoms with Crippen LogP contribution in [0.5, 0.6) is 0 Å². The summed E-state index contributed by atoms with van der Waals surface area (Å²) >= 11 is 0. The number of rotatable bonds is 83. The molecule has 0 aliphatic rings. The molecule has 0 aromatic rings. The van der Waals surface area contributed by atoms with Crippen molar-refractivity contribution in [2.75, 3.05) is 39.6 Å². The van der Waals surface area contributed by atoms with E-state index in [1.54, 1.807) is 0 Å². The Morgan fingerprint density at radius 3 is 0.676 bits per heavy atom. The average molecular weight is 1540 g/mol. The summed E-state index contributed by atoms with van der Waals surface area (Å²) in [6.07, 6.45) is 63.9. The van der Waals surface area contributed by atoms with Crippen molar-refractivity contribution in [1.82, 2.24) is 0 Å². The molecule has 0 aliphatic heterocycles. The average Bonchev–Trinajstić information content (AvgIpc) is 0.910. The summed E-state index contributed by atoms with van der Waals surface area (Å²) in [5.41, 5.74) is 0. The summed E-state index contributed by atoms with van der Waals surface area (Å²) in [6.45, 7) is 14.3. The lowest BCUT2D eigenvalue weighted by molar-refractivity contribution is -0.161. The van der Waals surface area contributed by atoms with Crippen LogP contribution in [0.25, 0.3) is 0 Å². The van der Waals surface area contributed by atoms with E-state index in [4.69, 9.17) is 37.0 Å². The fourth-order valence-electron chi connectivity index (χ4n) is 13.3. The lowest BCUT2D eigenvalue weighted by atomic mass is 9.99. The number of aliphatic hydroxyl groups is 1. The van der Waals surface area contributed by atoms with E-state index in [1.807, 2.05) is 0 Å². The molecule has 105 heavy (non-hydrogen) atoms. The van der Waals surface area contributed by atoms with E-state index in [0.29, 0.717) is 31.6 Å². The minimum Gasteiger partial charge on any atom is -0.462 e. The number of aliphatic hydroxyl groups excluding tert-OH is 1. The van der Waals surface area contributed by atoms with Crippen LogP contribution in [-0.4, -0.2) is 96.7 Å². The van der Waals surface area contributed by atoms with Crippen LogP contribution in [0.2, 0.25) is 0 Å². The van der Waals surface area contributed by atoms with Gasteiger partial charge in [0.1, 0.15) is 19.3 Å². The molecule has 17 nitrogen and oxygen atoms in total. The van der Waals surface area contributed by atoms with Gasteiger partial charge >= 0.3 is 39.5 Å². The summed E-state index contributed by atoms with van der Waals surface area (Å²) in [7, 11) is -9.93. The number of phosphoric acid groups is 2. The lowest BCUT2D eigenvalue weighted by Gasteiger charge is -2.21. The number of esters is 4. The minimum absolute atomic E-state index is 0.106. The molecule has 4 unspecified atom stereocenters. The Hall–Kier alpha value is -1.94. The molecule has 0 rings (SSSR count). The zero-order chi connectivity index (χ0) is 77.4. The molecule has 0 radical (unpaired) electrons. The molecule has 624 valence electrons. The molecule has 6 atom stereocenters. The van der Waals surface area contributed by atoms with Crippen LogP contribution < -0.4 is 0 Å². The van der Waals surface area contributed by atoms with Gasteiger partial charge in [0.05, 0.1) is 26.4 Å². The van der Waals surface area contributed by atoms with Gasteiger partial charge in [0.25, 0.3) is 0 Å². The summed E-state index contributed by atoms with van der Waals surface area (Å²) in [6, 6.07) is 0. The van der Waals surface area contributed by atoms with E-state index in [-0.39, 0.29) is 25.7 Å². The molecule has 0 aromatic carbocycles. The fourth-order valence-corrected chi connectivity index (χ4v) is 14.9. The van der Waals surface area contributed by atoms with Crippen LogP contribution in [0.4, 0.5) is 0 Å². The first-order chi connectivity index (χ1) is 50.6. The number of ether oxygens (including phenoxy) is 4. The lowest BCUT2D eigenvalue weighted by Crippen LogP contribution is -2.30. The molecule has 3 N–H and O–H groups in total. The Kier molecular flexibility index (Phi) is 73.4. The van der Waals surface area contributed by atoms with Gasteiger partial charge in [0, 0.05) is 25.7 Å². The molecule has 0 aromatic heterocycles. The molecular formula is C86H168O17P2. The highest BCUT2D eigenvalue weighted by Crippen LogP contribution is 2.45. The first kappa shape index (κ1) is 103. The van der Waals surface area contributed by atoms with E-state index >= 15 is 0 Å². The second-order valence-corrected chi connectivity index (χ2v) is 35.5. The summed E-state index contributed by atoms with van der Waals surface area (Å²) in [4.78, 5) is 73.2. The van der Waals surface area contributed by atoms with Crippen LogP contribution in [0.1, 0.15) is 447 Å². The summed E-state index contributed by atoms with van der Waals surface area (Å²) < 4.78 is 68.9. The maximum Gasteiger partial charge on any atom is 0.472 e. The molecule has 0 fully saturated rings. The van der Waals surface area contributed by atoms with Gasteiger partial charge in [-0.25, -0.2) is 9.13 Å². The number of unbranched alkanes of at least 4 members (excludes halogenated alkanes) is 48. The van der Waals surface area contributed by atoms with Gasteiger partial charge in [0.2, 0.25) is 0 Å². The quantitative estimate of drug-likeness (QED) is 0.0222. The second kappa shape index (κ2) is 74.8. The Bertz CT molecular complexity index is 2040. The van der Waals surface area contributed by atoms with Gasteiger partial charge < -0.3 is 33.8 Å². The van der Waals surface area contributed by atoms with Gasteiger partial charge in [-0.2, -0.15) is 0 Å². The van der Waals surface area contributed by atoms with Gasteiger partial charge in [-0.1, -0.05) is 396 Å². The molecule has 0 amide bonds. The first-order valence-electron chi connectivity index (χ1n) is 44.2. The highest BCUT2D eigenvalue weighted by Gasteiger charge is 2.31. The smallest absolute Gasteiger partial charge is 0.462 e. The van der Waals surface area contributed by atoms with Crippen molar-refractivity contribution in [2.24, 2.45) is 23.7 Å². The van der Waals surface area contributed by atoms with Crippen LogP contribution in [-0.2, 0) is 65.4 Å². The third-order valence-electron chi connectivity index (χ3n) is 20.4. The number of carbonyl (C=O) groups is 4. The highest BCUT2D eigenvalue weighted by molar-refractivity contribution is 7.47. The predicted molar refractivity (Wildman–Crippen MR) is 432 cm³/mol. The van der Waals surface area contributed by atoms with Crippen LogP contribution >= 0.6 is 15.6 Å². The number of hydrogen-bond acceptors (Lipinski definition) is 15. The monoisotopic (exact) mass is 1540 g/mol. The van der Waals surface area contributed by atoms with Crippen molar-refractivity contribution in [3.05, 3.63) is 0 Å². The summed E-state index contributed by atoms with van der Waals surface area (Å²) in [5.74, 6) is 1.05. The molecule has 0 heterocycles. The van der Waals surface area contributed by atoms with Crippen LogP contribution in [0, 0.1) is 23.7 Å². The largest absolute Gasteiger partial charge is 0.472 e. The van der Waals surface area contributed by atoms with E-state index < -0.39 is 97.5 Å². The zero-order valence-corrected chi connectivity index (χ0v) is 71.2. The third-order valence-corrected chi connectivity index (χ3v) is 22.3. The van der Waals surface area contributed by atoms with Crippen molar-refractivity contribution >= 4 is 39.5 Å². The van der Waals surface area contributed by atoms with Gasteiger partial charge in [0.15, 0.2) is 12.2 Å². The van der Waals surface area contributed by atoms with E-state index in [9.17, 15) is 43.2 Å². The standard InChI is InChI=1S/C86H168O17P2/c1-9-79(8)65-57-49-41-33-27-21-14-12-10-11-13-15-23-29-35-43-52-60-68-85(90)102-81(72-96-83(88)66-58-50-42-34-28-22-17-16-19-25-31-38-46-54-62-76(2)3)74-100-104(92,93)98-70-80(87)71-99-105(94,95)101-75-82(73-97-84(89)67-59-51-45-37-40-48-56-64-78(6)7)103-86(91)69-61-53-44-36-30-24-18-20-26-32-39-47-55-63-77(4)5/h76-82,87H,9-75H2,1-8H3,(H,92,93)(H,94,95)/t79?,80?,81-,82-/m1/s1. The van der Waals surface area contributed by atoms with Crippen molar-refractivity contribution in [3.8, 4) is 0 Å². The third kappa shape index (κ3) is 78.5. The number of hydrogen-bond donors (Lipinski definition) is 3. The second-order valence-electron chi connectivity index (χ2n) is 32.6. The van der Waals surface area contributed by atoms with Crippen LogP contribution in [0.3, 0.4) is 0 Å². The molecule has 0 saturated carbocycles. The predicted octanol–water partition coefficient (Wildman–Crippen LogP) is 25.9. The van der Waals surface area contributed by atoms with Crippen molar-refractivity contribution in [1.29, 1.82) is 0 Å². The Labute approximate surface area is 645 Å². The van der Waals surface area contributed by atoms with Crippen molar-refractivity contribution < 1.29 is 80.2 Å². The SMILES string of the molecule is CCC(C)CCCCCCCCCCCCCCCCCCCCC(=O)O[C@H](COC(=O)CCCCCCCCCCCCCCCCC(C)C)COP(=O)(O)OCC(O)COP(=O)(O)OC[C@@H](COC(=O)CCCCCCCCCC(C)C)OC(=O)CCCCCCCCCCCCCCCC(C)C. The highest BCUT2D eigenvalue weighted by atomic mass is 31.2. The minimum atomic E-state index is -4.97. The van der Waals surface area contributed by atoms with Gasteiger partial charge in [-0.05, 0) is 49.4 Å². The maximum absolute atomic E-state index is 13.1. The topological polar surface area (TPSA) is 237 Å². The zero-order valence-electron chi connectivity index (χ0n) is 69.4. The Morgan fingerprint density at radius 2 is 0.457 bits per heavy atom. The Balaban J connectivity index is 5.23. The molecule has 0 aliphatic carbocycles. The molecule has 0 saturated heterocycles. The molecular weight excluding hydrogens is 1370 g/mol. The molecule has 0 spiro atoms.